The Bertz CT molecular complexity index is 481. The Morgan fingerprint density at radius 3 is 1.94 bits per heavy atom. The van der Waals surface area contributed by atoms with Crippen LogP contribution in [0.2, 0.25) is 0 Å². The van der Waals surface area contributed by atoms with E-state index in [0.717, 1.165) is 5.56 Å². The molecular weight excluding hydrogens is 200 g/mol. The third kappa shape index (κ3) is 2.23. The molecule has 2 aromatic carbocycles. The van der Waals surface area contributed by atoms with E-state index in [-0.39, 0.29) is 11.5 Å². The van der Waals surface area contributed by atoms with Gasteiger partial charge in [0.25, 0.3) is 0 Å². The summed E-state index contributed by atoms with van der Waals surface area (Å²) >= 11 is 0. The van der Waals surface area contributed by atoms with Crippen molar-refractivity contribution in [1.29, 1.82) is 0 Å². The van der Waals surface area contributed by atoms with Crippen molar-refractivity contribution in [3.63, 3.8) is 0 Å². The van der Waals surface area contributed by atoms with Gasteiger partial charge in [0.2, 0.25) is 0 Å². The molecule has 0 heterocycles. The minimum atomic E-state index is 0.0761. The molecule has 0 aromatic heterocycles. The van der Waals surface area contributed by atoms with Crippen molar-refractivity contribution in [2.45, 2.75) is 0 Å². The first-order chi connectivity index (χ1) is 7.77. The van der Waals surface area contributed by atoms with Crippen molar-refractivity contribution < 1.29 is 10.2 Å². The van der Waals surface area contributed by atoms with Crippen LogP contribution in [0.4, 0.5) is 0 Å². The van der Waals surface area contributed by atoms with Crippen molar-refractivity contribution in [2.24, 2.45) is 0 Å². The number of benzene rings is 2. The second-order valence-corrected chi connectivity index (χ2v) is 3.45. The molecule has 0 bridgehead atoms. The highest BCUT2D eigenvalue weighted by Gasteiger charge is 2.01. The molecule has 0 radical (unpaired) electrons. The fraction of sp³-hybridized carbons (Fsp3) is 0. The minimum Gasteiger partial charge on any atom is -0.507 e. The Morgan fingerprint density at radius 1 is 0.688 bits per heavy atom. The van der Waals surface area contributed by atoms with Gasteiger partial charge in [-0.25, -0.2) is 0 Å². The summed E-state index contributed by atoms with van der Waals surface area (Å²) in [7, 11) is 0. The summed E-state index contributed by atoms with van der Waals surface area (Å²) in [5.41, 5.74) is 1.46. The van der Waals surface area contributed by atoms with Crippen LogP contribution in [0.15, 0.2) is 48.5 Å². The molecule has 2 nitrogen and oxygen atoms in total. The van der Waals surface area contributed by atoms with E-state index in [9.17, 15) is 10.2 Å². The van der Waals surface area contributed by atoms with E-state index in [0.29, 0.717) is 5.56 Å². The highest BCUT2D eigenvalue weighted by Crippen LogP contribution is 2.28. The van der Waals surface area contributed by atoms with Gasteiger partial charge in [-0.05, 0) is 23.8 Å². The van der Waals surface area contributed by atoms with Crippen LogP contribution < -0.4 is 0 Å². The Labute approximate surface area is 94.1 Å². The van der Waals surface area contributed by atoms with Gasteiger partial charge < -0.3 is 10.2 Å². The topological polar surface area (TPSA) is 40.5 Å². The van der Waals surface area contributed by atoms with Gasteiger partial charge in [-0.1, -0.05) is 42.5 Å². The number of hydrogen-bond acceptors (Lipinski definition) is 2. The number of phenolic OH excluding ortho intramolecular Hbond substituents is 2. The summed E-state index contributed by atoms with van der Waals surface area (Å²) in [6.07, 6.45) is 3.54. The van der Waals surface area contributed by atoms with E-state index < -0.39 is 0 Å². The lowest BCUT2D eigenvalue weighted by atomic mass is 10.1. The van der Waals surface area contributed by atoms with Gasteiger partial charge in [0.15, 0.2) is 0 Å². The zero-order chi connectivity index (χ0) is 11.4. The lowest BCUT2D eigenvalue weighted by Crippen LogP contribution is -1.76. The summed E-state index contributed by atoms with van der Waals surface area (Å²) in [4.78, 5) is 0. The standard InChI is InChI=1S/C14H12O2/c15-13-7-4-8-14(16)12(13)10-9-11-5-2-1-3-6-11/h1-10,15-16H. The molecule has 0 spiro atoms. The molecule has 0 aliphatic carbocycles. The van der Waals surface area contributed by atoms with Crippen LogP contribution in [0.3, 0.4) is 0 Å². The average molecular weight is 212 g/mol. The first-order valence-corrected chi connectivity index (χ1v) is 5.01. The van der Waals surface area contributed by atoms with Gasteiger partial charge >= 0.3 is 0 Å². The lowest BCUT2D eigenvalue weighted by molar-refractivity contribution is 0.448. The van der Waals surface area contributed by atoms with E-state index in [2.05, 4.69) is 0 Å². The maximum absolute atomic E-state index is 9.56. The van der Waals surface area contributed by atoms with Gasteiger partial charge in [-0.3, -0.25) is 0 Å². The van der Waals surface area contributed by atoms with Crippen LogP contribution in [-0.4, -0.2) is 10.2 Å². The molecule has 2 rings (SSSR count). The molecule has 2 N–H and O–H groups in total. The van der Waals surface area contributed by atoms with E-state index in [1.54, 1.807) is 24.3 Å². The Kier molecular flexibility index (Phi) is 2.92. The van der Waals surface area contributed by atoms with Gasteiger partial charge in [0.1, 0.15) is 11.5 Å². The summed E-state index contributed by atoms with van der Waals surface area (Å²) in [5, 5.41) is 19.1. The monoisotopic (exact) mass is 212 g/mol. The SMILES string of the molecule is Oc1cccc(O)c1C=Cc1ccccc1. The zero-order valence-electron chi connectivity index (χ0n) is 8.67. The molecule has 0 aliphatic heterocycles. The first-order valence-electron chi connectivity index (χ1n) is 5.01. The Hall–Kier alpha value is -2.22. The quantitative estimate of drug-likeness (QED) is 0.750. The van der Waals surface area contributed by atoms with E-state index in [4.69, 9.17) is 0 Å². The summed E-state index contributed by atoms with van der Waals surface area (Å²) in [6, 6.07) is 14.4. The number of hydrogen-bond donors (Lipinski definition) is 2. The first kappa shape index (κ1) is 10.3. The van der Waals surface area contributed by atoms with E-state index >= 15 is 0 Å². The summed E-state index contributed by atoms with van der Waals surface area (Å²) < 4.78 is 0. The predicted molar refractivity (Wildman–Crippen MR) is 65.1 cm³/mol. The minimum absolute atomic E-state index is 0.0761. The van der Waals surface area contributed by atoms with Gasteiger partial charge in [0, 0.05) is 0 Å². The van der Waals surface area contributed by atoms with Gasteiger partial charge in [-0.15, -0.1) is 0 Å². The Balaban J connectivity index is 2.31. The maximum Gasteiger partial charge on any atom is 0.126 e. The molecule has 0 fully saturated rings. The Morgan fingerprint density at radius 2 is 1.31 bits per heavy atom. The molecule has 2 heteroatoms. The van der Waals surface area contributed by atoms with Crippen LogP contribution in [0, 0.1) is 0 Å². The fourth-order valence-electron chi connectivity index (χ4n) is 1.46. The van der Waals surface area contributed by atoms with E-state index in [1.807, 2.05) is 36.4 Å². The van der Waals surface area contributed by atoms with E-state index in [1.165, 1.54) is 0 Å². The molecule has 0 saturated heterocycles. The van der Waals surface area contributed by atoms with Crippen molar-refractivity contribution in [3.05, 3.63) is 59.7 Å². The predicted octanol–water partition coefficient (Wildman–Crippen LogP) is 3.27. The smallest absolute Gasteiger partial charge is 0.126 e. The summed E-state index contributed by atoms with van der Waals surface area (Å²) in [6.45, 7) is 0. The molecule has 0 saturated carbocycles. The van der Waals surface area contributed by atoms with Crippen LogP contribution >= 0.6 is 0 Å². The third-order valence-corrected chi connectivity index (χ3v) is 2.30. The molecular formula is C14H12O2. The molecule has 0 atom stereocenters. The highest BCUT2D eigenvalue weighted by atomic mass is 16.3. The summed E-state index contributed by atoms with van der Waals surface area (Å²) in [5.74, 6) is 0.152. The largest absolute Gasteiger partial charge is 0.507 e. The van der Waals surface area contributed by atoms with Crippen molar-refractivity contribution >= 4 is 12.2 Å². The fourth-order valence-corrected chi connectivity index (χ4v) is 1.46. The van der Waals surface area contributed by atoms with Crippen molar-refractivity contribution in [3.8, 4) is 11.5 Å². The van der Waals surface area contributed by atoms with Crippen LogP contribution in [-0.2, 0) is 0 Å². The number of phenols is 2. The average Bonchev–Trinajstić information content (AvgIpc) is 2.30. The zero-order valence-corrected chi connectivity index (χ0v) is 8.67. The molecule has 16 heavy (non-hydrogen) atoms. The van der Waals surface area contributed by atoms with Gasteiger partial charge in [0.05, 0.1) is 5.56 Å². The number of aromatic hydroxyl groups is 2. The van der Waals surface area contributed by atoms with Crippen molar-refractivity contribution in [1.82, 2.24) is 0 Å². The lowest BCUT2D eigenvalue weighted by Gasteiger charge is -2.01. The maximum atomic E-state index is 9.56. The highest BCUT2D eigenvalue weighted by molar-refractivity contribution is 5.75. The second kappa shape index (κ2) is 4.53. The number of rotatable bonds is 2. The second-order valence-electron chi connectivity index (χ2n) is 3.45. The molecule has 2 aromatic rings. The van der Waals surface area contributed by atoms with Crippen molar-refractivity contribution in [2.75, 3.05) is 0 Å². The molecule has 80 valence electrons. The molecule has 0 amide bonds. The molecule has 0 unspecified atom stereocenters. The molecule has 0 aliphatic rings. The third-order valence-electron chi connectivity index (χ3n) is 2.30. The van der Waals surface area contributed by atoms with Crippen LogP contribution in [0.5, 0.6) is 11.5 Å². The normalized spacial score (nSPS) is 10.8. The van der Waals surface area contributed by atoms with Crippen LogP contribution in [0.25, 0.3) is 12.2 Å². The van der Waals surface area contributed by atoms with Crippen LogP contribution in [0.1, 0.15) is 11.1 Å². The van der Waals surface area contributed by atoms with Gasteiger partial charge in [-0.2, -0.15) is 0 Å².